The van der Waals surface area contributed by atoms with Crippen LogP contribution in [0.5, 0.6) is 0 Å². The van der Waals surface area contributed by atoms with Crippen LogP contribution < -0.4 is 5.32 Å². The molecule has 110 valence electrons. The molecule has 1 amide bonds. The summed E-state index contributed by atoms with van der Waals surface area (Å²) in [6.07, 6.45) is 2.56. The fourth-order valence-electron chi connectivity index (χ4n) is 2.24. The van der Waals surface area contributed by atoms with Gasteiger partial charge in [-0.15, -0.1) is 0 Å². The first-order valence-electron chi connectivity index (χ1n) is 7.26. The van der Waals surface area contributed by atoms with E-state index in [2.05, 4.69) is 17.1 Å². The molecule has 0 aromatic rings. The summed E-state index contributed by atoms with van der Waals surface area (Å²) in [5, 5.41) is 2.89. The monoisotopic (exact) mass is 270 g/mol. The summed E-state index contributed by atoms with van der Waals surface area (Å²) in [7, 11) is 0. The maximum Gasteiger partial charge on any atom is 0.224 e. The highest BCUT2D eigenvalue weighted by molar-refractivity contribution is 5.79. The Hall–Kier alpha value is -0.940. The molecule has 1 aliphatic heterocycles. The summed E-state index contributed by atoms with van der Waals surface area (Å²) in [6, 6.07) is 0. The van der Waals surface area contributed by atoms with Crippen LogP contribution in [0.15, 0.2) is 0 Å². The first kappa shape index (κ1) is 16.1. The molecule has 0 radical (unpaired) electrons. The average Bonchev–Trinajstić information content (AvgIpc) is 2.46. The average molecular weight is 270 g/mol. The van der Waals surface area contributed by atoms with Gasteiger partial charge in [0.25, 0.3) is 0 Å². The van der Waals surface area contributed by atoms with Crippen LogP contribution in [0.3, 0.4) is 0 Å². The molecular formula is C14H26N2O3. The van der Waals surface area contributed by atoms with Gasteiger partial charge in [0.15, 0.2) is 5.78 Å². The zero-order valence-electron chi connectivity index (χ0n) is 12.1. The zero-order chi connectivity index (χ0) is 14.1. The largest absolute Gasteiger partial charge is 0.372 e. The highest BCUT2D eigenvalue weighted by atomic mass is 16.5. The molecule has 19 heavy (non-hydrogen) atoms. The highest BCUT2D eigenvalue weighted by Crippen LogP contribution is 2.15. The second kappa shape index (κ2) is 9.04. The molecule has 5 heteroatoms. The SMILES string of the molecule is CCC(=O)COCCNC(=O)[C@@H]1CCCN(CC)C1. The molecule has 1 rings (SSSR count). The van der Waals surface area contributed by atoms with Crippen molar-refractivity contribution < 1.29 is 14.3 Å². The Morgan fingerprint density at radius 2 is 2.16 bits per heavy atom. The Bertz CT molecular complexity index is 294. The number of piperidine rings is 1. The van der Waals surface area contributed by atoms with Crippen molar-refractivity contribution in [1.29, 1.82) is 0 Å². The van der Waals surface area contributed by atoms with E-state index in [1.165, 1.54) is 0 Å². The third-order valence-electron chi connectivity index (χ3n) is 3.53. The number of nitrogens with one attached hydrogen (secondary N) is 1. The van der Waals surface area contributed by atoms with Crippen molar-refractivity contribution in [1.82, 2.24) is 10.2 Å². The summed E-state index contributed by atoms with van der Waals surface area (Å²) in [6.45, 7) is 7.94. The molecule has 1 N–H and O–H groups in total. The fraction of sp³-hybridized carbons (Fsp3) is 0.857. The fourth-order valence-corrected chi connectivity index (χ4v) is 2.24. The molecular weight excluding hydrogens is 244 g/mol. The molecule has 0 unspecified atom stereocenters. The van der Waals surface area contributed by atoms with Crippen molar-refractivity contribution >= 4 is 11.7 Å². The number of ether oxygens (including phenoxy) is 1. The van der Waals surface area contributed by atoms with Crippen molar-refractivity contribution in [2.45, 2.75) is 33.1 Å². The lowest BCUT2D eigenvalue weighted by molar-refractivity contribution is -0.127. The van der Waals surface area contributed by atoms with Gasteiger partial charge in [-0.1, -0.05) is 13.8 Å². The van der Waals surface area contributed by atoms with Gasteiger partial charge in [0.2, 0.25) is 5.91 Å². The smallest absolute Gasteiger partial charge is 0.224 e. The molecule has 1 atom stereocenters. The van der Waals surface area contributed by atoms with Crippen molar-refractivity contribution in [2.24, 2.45) is 5.92 Å². The van der Waals surface area contributed by atoms with Crippen LogP contribution in [0.1, 0.15) is 33.1 Å². The summed E-state index contributed by atoms with van der Waals surface area (Å²) in [5.74, 6) is 0.312. The standard InChI is InChI=1S/C14H26N2O3/c1-3-13(17)11-19-9-7-15-14(18)12-6-5-8-16(4-2)10-12/h12H,3-11H2,1-2H3,(H,15,18)/t12-/m1/s1. The molecule has 0 bridgehead atoms. The number of carbonyl (C=O) groups is 2. The molecule has 5 nitrogen and oxygen atoms in total. The lowest BCUT2D eigenvalue weighted by Crippen LogP contribution is -2.43. The van der Waals surface area contributed by atoms with Crippen LogP contribution in [-0.2, 0) is 14.3 Å². The molecule has 1 saturated heterocycles. The molecule has 1 heterocycles. The molecule has 0 aromatic carbocycles. The normalized spacial score (nSPS) is 20.2. The molecule has 1 aliphatic rings. The highest BCUT2D eigenvalue weighted by Gasteiger charge is 2.24. The summed E-state index contributed by atoms with van der Waals surface area (Å²) in [5.41, 5.74) is 0. The van der Waals surface area contributed by atoms with Gasteiger partial charge in [0.1, 0.15) is 6.61 Å². The van der Waals surface area contributed by atoms with Crippen molar-refractivity contribution in [3.05, 3.63) is 0 Å². The Morgan fingerprint density at radius 1 is 1.37 bits per heavy atom. The van der Waals surface area contributed by atoms with Gasteiger partial charge in [0.05, 0.1) is 12.5 Å². The lowest BCUT2D eigenvalue weighted by Gasteiger charge is -2.30. The Balaban J connectivity index is 2.11. The molecule has 0 spiro atoms. The van der Waals surface area contributed by atoms with Crippen molar-refractivity contribution in [2.75, 3.05) is 39.4 Å². The third-order valence-corrected chi connectivity index (χ3v) is 3.53. The second-order valence-electron chi connectivity index (χ2n) is 4.97. The van der Waals surface area contributed by atoms with E-state index >= 15 is 0 Å². The van der Waals surface area contributed by atoms with Crippen molar-refractivity contribution in [3.8, 4) is 0 Å². The number of amides is 1. The quantitative estimate of drug-likeness (QED) is 0.664. The van der Waals surface area contributed by atoms with Crippen LogP contribution in [0.4, 0.5) is 0 Å². The molecule has 1 fully saturated rings. The number of nitrogens with zero attached hydrogens (tertiary/aromatic N) is 1. The Kier molecular flexibility index (Phi) is 7.67. The number of ketones is 1. The van der Waals surface area contributed by atoms with Gasteiger partial charge < -0.3 is 15.0 Å². The van der Waals surface area contributed by atoms with Gasteiger partial charge in [-0.25, -0.2) is 0 Å². The number of carbonyl (C=O) groups excluding carboxylic acids is 2. The van der Waals surface area contributed by atoms with E-state index in [1.54, 1.807) is 0 Å². The molecule has 0 aromatic heterocycles. The maximum atomic E-state index is 12.0. The van der Waals surface area contributed by atoms with Gasteiger partial charge in [-0.3, -0.25) is 9.59 Å². The zero-order valence-corrected chi connectivity index (χ0v) is 12.1. The van der Waals surface area contributed by atoms with E-state index in [0.717, 1.165) is 32.5 Å². The van der Waals surface area contributed by atoms with E-state index in [-0.39, 0.29) is 24.2 Å². The minimum absolute atomic E-state index is 0.0946. The lowest BCUT2D eigenvalue weighted by atomic mass is 9.97. The maximum absolute atomic E-state index is 12.0. The first-order chi connectivity index (χ1) is 9.17. The number of likely N-dealkylation sites (tertiary alicyclic amines) is 1. The molecule has 0 aliphatic carbocycles. The number of hydrogen-bond acceptors (Lipinski definition) is 4. The van der Waals surface area contributed by atoms with E-state index in [0.29, 0.717) is 19.6 Å². The predicted molar refractivity (Wildman–Crippen MR) is 74.0 cm³/mol. The van der Waals surface area contributed by atoms with Crippen molar-refractivity contribution in [3.63, 3.8) is 0 Å². The number of hydrogen-bond donors (Lipinski definition) is 1. The van der Waals surface area contributed by atoms with Crippen LogP contribution in [0, 0.1) is 5.92 Å². The predicted octanol–water partition coefficient (Wildman–Crippen LogP) is 0.830. The van der Waals surface area contributed by atoms with Gasteiger partial charge in [0, 0.05) is 19.5 Å². The Morgan fingerprint density at radius 3 is 2.84 bits per heavy atom. The minimum Gasteiger partial charge on any atom is -0.372 e. The summed E-state index contributed by atoms with van der Waals surface area (Å²) < 4.78 is 5.19. The van der Waals surface area contributed by atoms with E-state index in [4.69, 9.17) is 4.74 Å². The van der Waals surface area contributed by atoms with E-state index in [1.807, 2.05) is 6.92 Å². The molecule has 0 saturated carbocycles. The first-order valence-corrected chi connectivity index (χ1v) is 7.26. The number of Topliss-reactive ketones (excluding diaryl/α,β-unsaturated/α-hetero) is 1. The second-order valence-corrected chi connectivity index (χ2v) is 4.97. The van der Waals surface area contributed by atoms with E-state index < -0.39 is 0 Å². The third kappa shape index (κ3) is 6.16. The number of rotatable bonds is 8. The van der Waals surface area contributed by atoms with Crippen LogP contribution in [0.2, 0.25) is 0 Å². The van der Waals surface area contributed by atoms with Crippen LogP contribution in [-0.4, -0.2) is 56.0 Å². The van der Waals surface area contributed by atoms with Crippen LogP contribution in [0.25, 0.3) is 0 Å². The topological polar surface area (TPSA) is 58.6 Å². The van der Waals surface area contributed by atoms with Crippen LogP contribution >= 0.6 is 0 Å². The van der Waals surface area contributed by atoms with Gasteiger partial charge >= 0.3 is 0 Å². The summed E-state index contributed by atoms with van der Waals surface area (Å²) in [4.78, 5) is 25.3. The van der Waals surface area contributed by atoms with Gasteiger partial charge in [-0.2, -0.15) is 0 Å². The van der Waals surface area contributed by atoms with Gasteiger partial charge in [-0.05, 0) is 25.9 Å². The summed E-state index contributed by atoms with van der Waals surface area (Å²) >= 11 is 0. The van der Waals surface area contributed by atoms with E-state index in [9.17, 15) is 9.59 Å². The minimum atomic E-state index is 0.0946. The Labute approximate surface area is 115 Å².